The van der Waals surface area contributed by atoms with Gasteiger partial charge in [-0.25, -0.2) is 0 Å². The standard InChI is InChI=1S/C16H19NO2/c1-12-4-3-5-15(10-12)19-16(11-17)13-6-8-14(18-2)9-7-13/h3-10,16H,11,17H2,1-2H3. The van der Waals surface area contributed by atoms with E-state index in [1.165, 1.54) is 5.56 Å². The van der Waals surface area contributed by atoms with E-state index in [0.29, 0.717) is 6.54 Å². The molecule has 19 heavy (non-hydrogen) atoms. The summed E-state index contributed by atoms with van der Waals surface area (Å²) in [4.78, 5) is 0. The Balaban J connectivity index is 2.15. The fourth-order valence-corrected chi connectivity index (χ4v) is 1.92. The number of hydrogen-bond donors (Lipinski definition) is 1. The Bertz CT molecular complexity index is 523. The lowest BCUT2D eigenvalue weighted by Gasteiger charge is -2.18. The van der Waals surface area contributed by atoms with E-state index in [-0.39, 0.29) is 6.10 Å². The van der Waals surface area contributed by atoms with E-state index in [2.05, 4.69) is 0 Å². The normalized spacial score (nSPS) is 11.9. The third kappa shape index (κ3) is 3.48. The van der Waals surface area contributed by atoms with Crippen molar-refractivity contribution in [3.63, 3.8) is 0 Å². The molecule has 0 aliphatic carbocycles. The fraction of sp³-hybridized carbons (Fsp3) is 0.250. The lowest BCUT2D eigenvalue weighted by atomic mass is 10.1. The van der Waals surface area contributed by atoms with Gasteiger partial charge in [-0.2, -0.15) is 0 Å². The zero-order valence-electron chi connectivity index (χ0n) is 11.3. The van der Waals surface area contributed by atoms with Gasteiger partial charge in [0, 0.05) is 6.54 Å². The SMILES string of the molecule is COc1ccc(C(CN)Oc2cccc(C)c2)cc1. The van der Waals surface area contributed by atoms with Crippen LogP contribution in [0, 0.1) is 6.92 Å². The summed E-state index contributed by atoms with van der Waals surface area (Å²) >= 11 is 0. The van der Waals surface area contributed by atoms with Crippen molar-refractivity contribution >= 4 is 0 Å². The Labute approximate surface area is 114 Å². The second-order valence-electron chi connectivity index (χ2n) is 4.43. The molecule has 0 spiro atoms. The maximum Gasteiger partial charge on any atom is 0.136 e. The first kappa shape index (κ1) is 13.4. The molecule has 0 bridgehead atoms. The molecule has 1 unspecified atom stereocenters. The zero-order valence-corrected chi connectivity index (χ0v) is 11.3. The third-order valence-electron chi connectivity index (χ3n) is 2.97. The van der Waals surface area contributed by atoms with Crippen molar-refractivity contribution in [2.75, 3.05) is 13.7 Å². The molecule has 0 aliphatic heterocycles. The predicted octanol–water partition coefficient (Wildman–Crippen LogP) is 3.08. The first-order chi connectivity index (χ1) is 9.22. The summed E-state index contributed by atoms with van der Waals surface area (Å²) < 4.78 is 11.1. The Hall–Kier alpha value is -2.00. The first-order valence-corrected chi connectivity index (χ1v) is 6.30. The molecule has 0 aromatic heterocycles. The lowest BCUT2D eigenvalue weighted by Crippen LogP contribution is -2.18. The first-order valence-electron chi connectivity index (χ1n) is 6.30. The highest BCUT2D eigenvalue weighted by molar-refractivity contribution is 5.31. The number of nitrogens with two attached hydrogens (primary N) is 1. The molecule has 0 fully saturated rings. The lowest BCUT2D eigenvalue weighted by molar-refractivity contribution is 0.214. The van der Waals surface area contributed by atoms with Gasteiger partial charge in [0.15, 0.2) is 0 Å². The van der Waals surface area contributed by atoms with E-state index >= 15 is 0 Å². The van der Waals surface area contributed by atoms with Gasteiger partial charge >= 0.3 is 0 Å². The number of rotatable bonds is 5. The summed E-state index contributed by atoms with van der Waals surface area (Å²) in [6.07, 6.45) is -0.146. The Morgan fingerprint density at radius 2 is 1.79 bits per heavy atom. The quantitative estimate of drug-likeness (QED) is 0.895. The molecule has 2 aromatic carbocycles. The van der Waals surface area contributed by atoms with Crippen LogP contribution >= 0.6 is 0 Å². The molecule has 0 radical (unpaired) electrons. The topological polar surface area (TPSA) is 44.5 Å². The number of benzene rings is 2. The predicted molar refractivity (Wildman–Crippen MR) is 76.6 cm³/mol. The van der Waals surface area contributed by atoms with E-state index in [4.69, 9.17) is 15.2 Å². The maximum absolute atomic E-state index is 5.94. The summed E-state index contributed by atoms with van der Waals surface area (Å²) in [5.41, 5.74) is 8.02. The maximum atomic E-state index is 5.94. The van der Waals surface area contributed by atoms with Gasteiger partial charge in [-0.1, -0.05) is 24.3 Å². The van der Waals surface area contributed by atoms with Gasteiger partial charge in [0.2, 0.25) is 0 Å². The average molecular weight is 257 g/mol. The Kier molecular flexibility index (Phi) is 4.42. The van der Waals surface area contributed by atoms with Crippen molar-refractivity contribution in [2.45, 2.75) is 13.0 Å². The molecule has 1 atom stereocenters. The minimum atomic E-state index is -0.146. The van der Waals surface area contributed by atoms with Crippen LogP contribution in [-0.2, 0) is 0 Å². The van der Waals surface area contributed by atoms with Crippen LogP contribution in [0.1, 0.15) is 17.2 Å². The van der Waals surface area contributed by atoms with Crippen molar-refractivity contribution in [3.8, 4) is 11.5 Å². The average Bonchev–Trinajstić information content (AvgIpc) is 2.45. The highest BCUT2D eigenvalue weighted by Crippen LogP contribution is 2.23. The molecule has 100 valence electrons. The van der Waals surface area contributed by atoms with Crippen LogP contribution in [0.3, 0.4) is 0 Å². The van der Waals surface area contributed by atoms with E-state index < -0.39 is 0 Å². The van der Waals surface area contributed by atoms with Crippen molar-refractivity contribution in [3.05, 3.63) is 59.7 Å². The number of aryl methyl sites for hydroxylation is 1. The second kappa shape index (κ2) is 6.25. The van der Waals surface area contributed by atoms with Crippen LogP contribution in [0.5, 0.6) is 11.5 Å². The summed E-state index contributed by atoms with van der Waals surface area (Å²) in [5.74, 6) is 1.67. The van der Waals surface area contributed by atoms with Crippen LogP contribution < -0.4 is 15.2 Å². The molecule has 3 nitrogen and oxygen atoms in total. The molecule has 2 rings (SSSR count). The summed E-state index contributed by atoms with van der Waals surface area (Å²) in [5, 5.41) is 0. The minimum Gasteiger partial charge on any atom is -0.497 e. The van der Waals surface area contributed by atoms with E-state index in [1.807, 2.05) is 55.5 Å². The van der Waals surface area contributed by atoms with Gasteiger partial charge in [-0.15, -0.1) is 0 Å². The van der Waals surface area contributed by atoms with E-state index in [9.17, 15) is 0 Å². The largest absolute Gasteiger partial charge is 0.497 e. The smallest absolute Gasteiger partial charge is 0.136 e. The van der Waals surface area contributed by atoms with Gasteiger partial charge in [-0.05, 0) is 42.3 Å². The summed E-state index contributed by atoms with van der Waals surface area (Å²) in [7, 11) is 1.65. The highest BCUT2D eigenvalue weighted by Gasteiger charge is 2.11. The number of ether oxygens (including phenoxy) is 2. The summed E-state index contributed by atoms with van der Waals surface area (Å²) in [6.45, 7) is 2.47. The third-order valence-corrected chi connectivity index (χ3v) is 2.97. The molecule has 0 saturated heterocycles. The van der Waals surface area contributed by atoms with Gasteiger partial charge in [-0.3, -0.25) is 0 Å². The molecule has 0 saturated carbocycles. The molecule has 2 N–H and O–H groups in total. The number of hydrogen-bond acceptors (Lipinski definition) is 3. The molecule has 0 amide bonds. The number of methoxy groups -OCH3 is 1. The monoisotopic (exact) mass is 257 g/mol. The molecule has 0 heterocycles. The fourth-order valence-electron chi connectivity index (χ4n) is 1.92. The summed E-state index contributed by atoms with van der Waals surface area (Å²) in [6, 6.07) is 15.8. The molecule has 2 aromatic rings. The van der Waals surface area contributed by atoms with Crippen LogP contribution in [0.4, 0.5) is 0 Å². The van der Waals surface area contributed by atoms with Crippen molar-refractivity contribution < 1.29 is 9.47 Å². The second-order valence-corrected chi connectivity index (χ2v) is 4.43. The van der Waals surface area contributed by atoms with Crippen molar-refractivity contribution in [2.24, 2.45) is 5.73 Å². The van der Waals surface area contributed by atoms with Crippen molar-refractivity contribution in [1.29, 1.82) is 0 Å². The highest BCUT2D eigenvalue weighted by atomic mass is 16.5. The van der Waals surface area contributed by atoms with Crippen LogP contribution in [0.25, 0.3) is 0 Å². The van der Waals surface area contributed by atoms with E-state index in [1.54, 1.807) is 7.11 Å². The molecular formula is C16H19NO2. The van der Waals surface area contributed by atoms with Gasteiger partial charge in [0.05, 0.1) is 7.11 Å². The van der Waals surface area contributed by atoms with Crippen LogP contribution in [0.15, 0.2) is 48.5 Å². The molecular weight excluding hydrogens is 238 g/mol. The Morgan fingerprint density at radius 3 is 2.37 bits per heavy atom. The zero-order chi connectivity index (χ0) is 13.7. The molecule has 3 heteroatoms. The van der Waals surface area contributed by atoms with Crippen LogP contribution in [0.2, 0.25) is 0 Å². The van der Waals surface area contributed by atoms with Gasteiger partial charge < -0.3 is 15.2 Å². The van der Waals surface area contributed by atoms with Crippen LogP contribution in [-0.4, -0.2) is 13.7 Å². The van der Waals surface area contributed by atoms with Gasteiger partial charge in [0.25, 0.3) is 0 Å². The van der Waals surface area contributed by atoms with Gasteiger partial charge in [0.1, 0.15) is 17.6 Å². The van der Waals surface area contributed by atoms with Crippen molar-refractivity contribution in [1.82, 2.24) is 0 Å². The Morgan fingerprint density at radius 1 is 1.05 bits per heavy atom. The minimum absolute atomic E-state index is 0.146. The van der Waals surface area contributed by atoms with E-state index in [0.717, 1.165) is 17.1 Å². The molecule has 0 aliphatic rings.